The number of benzene rings is 2. The molecular formula is C20H22N4O3S. The zero-order valence-electron chi connectivity index (χ0n) is 15.7. The molecule has 0 unspecified atom stereocenters. The molecule has 0 spiro atoms. The number of para-hydroxylation sites is 1. The molecule has 8 heteroatoms. The van der Waals surface area contributed by atoms with Gasteiger partial charge in [0.15, 0.2) is 0 Å². The minimum atomic E-state index is -3.85. The summed E-state index contributed by atoms with van der Waals surface area (Å²) < 4.78 is 27.6. The average molecular weight is 398 g/mol. The minimum Gasteiger partial charge on any atom is -0.307 e. The molecule has 1 heterocycles. The quantitative estimate of drug-likeness (QED) is 0.639. The van der Waals surface area contributed by atoms with Gasteiger partial charge in [0.05, 0.1) is 24.5 Å². The second-order valence-electron chi connectivity index (χ2n) is 6.39. The van der Waals surface area contributed by atoms with Gasteiger partial charge >= 0.3 is 0 Å². The zero-order valence-corrected chi connectivity index (χ0v) is 16.5. The number of anilines is 1. The Morgan fingerprint density at radius 3 is 2.21 bits per heavy atom. The second-order valence-corrected chi connectivity index (χ2v) is 8.09. The Hall–Kier alpha value is -2.97. The molecule has 0 bridgehead atoms. The van der Waals surface area contributed by atoms with E-state index in [9.17, 15) is 13.2 Å². The van der Waals surface area contributed by atoms with Crippen molar-refractivity contribution in [2.24, 2.45) is 0 Å². The maximum Gasteiger partial charge on any atom is 0.244 e. The number of amides is 1. The highest BCUT2D eigenvalue weighted by Gasteiger charge is 2.24. The van der Waals surface area contributed by atoms with Crippen LogP contribution in [0.4, 0.5) is 5.69 Å². The number of hydrogen-bond acceptors (Lipinski definition) is 4. The number of H-pyrrole nitrogens is 1. The molecule has 0 fully saturated rings. The SMILES string of the molecule is Cc1n[nH]c(C)c1S(=O)(=O)NCC(=O)N(Cc1ccccc1)c1ccccc1. The van der Waals surface area contributed by atoms with E-state index < -0.39 is 10.0 Å². The molecule has 2 aromatic carbocycles. The lowest BCUT2D eigenvalue weighted by Crippen LogP contribution is -2.40. The number of carbonyl (C=O) groups excluding carboxylic acids is 1. The minimum absolute atomic E-state index is 0.0784. The standard InChI is InChI=1S/C20H22N4O3S/c1-15-20(16(2)23-22-15)28(26,27)21-13-19(25)24(18-11-7-4-8-12-18)14-17-9-5-3-6-10-17/h3-12,21H,13-14H2,1-2H3,(H,22,23). The molecule has 28 heavy (non-hydrogen) atoms. The molecule has 0 radical (unpaired) electrons. The second kappa shape index (κ2) is 8.37. The highest BCUT2D eigenvalue weighted by molar-refractivity contribution is 7.89. The van der Waals surface area contributed by atoms with Crippen molar-refractivity contribution in [3.63, 3.8) is 0 Å². The molecule has 0 atom stereocenters. The van der Waals surface area contributed by atoms with Crippen molar-refractivity contribution in [1.82, 2.24) is 14.9 Å². The van der Waals surface area contributed by atoms with Crippen LogP contribution in [0.1, 0.15) is 17.0 Å². The van der Waals surface area contributed by atoms with E-state index in [1.165, 1.54) is 0 Å². The van der Waals surface area contributed by atoms with Crippen LogP contribution in [0.5, 0.6) is 0 Å². The Balaban J connectivity index is 1.80. The van der Waals surface area contributed by atoms with Crippen LogP contribution < -0.4 is 9.62 Å². The normalized spacial score (nSPS) is 11.4. The van der Waals surface area contributed by atoms with E-state index in [4.69, 9.17) is 0 Å². The predicted octanol–water partition coefficient (Wildman–Crippen LogP) is 2.54. The highest BCUT2D eigenvalue weighted by atomic mass is 32.2. The van der Waals surface area contributed by atoms with Gasteiger partial charge in [-0.2, -0.15) is 5.10 Å². The van der Waals surface area contributed by atoms with Gasteiger partial charge in [-0.1, -0.05) is 48.5 Å². The van der Waals surface area contributed by atoms with E-state index in [1.54, 1.807) is 18.7 Å². The number of aromatic amines is 1. The molecule has 2 N–H and O–H groups in total. The fraction of sp³-hybridized carbons (Fsp3) is 0.200. The first-order valence-corrected chi connectivity index (χ1v) is 10.3. The third-order valence-electron chi connectivity index (χ3n) is 4.30. The van der Waals surface area contributed by atoms with Crippen molar-refractivity contribution in [3.05, 3.63) is 77.6 Å². The molecule has 0 aliphatic heterocycles. The summed E-state index contributed by atoms with van der Waals surface area (Å²) in [5, 5.41) is 6.56. The number of hydrogen-bond donors (Lipinski definition) is 2. The zero-order chi connectivity index (χ0) is 20.1. The van der Waals surface area contributed by atoms with Crippen LogP contribution in [0.2, 0.25) is 0 Å². The number of nitrogens with zero attached hydrogens (tertiary/aromatic N) is 2. The molecule has 0 aliphatic carbocycles. The Morgan fingerprint density at radius 1 is 1.04 bits per heavy atom. The van der Waals surface area contributed by atoms with Gasteiger partial charge in [-0.05, 0) is 31.5 Å². The number of aryl methyl sites for hydroxylation is 2. The third kappa shape index (κ3) is 4.47. The smallest absolute Gasteiger partial charge is 0.244 e. The first-order chi connectivity index (χ1) is 13.4. The third-order valence-corrected chi connectivity index (χ3v) is 5.96. The summed E-state index contributed by atoms with van der Waals surface area (Å²) in [4.78, 5) is 14.6. The largest absolute Gasteiger partial charge is 0.307 e. The Labute approximate surface area is 164 Å². The van der Waals surface area contributed by atoms with Crippen LogP contribution in [0.25, 0.3) is 0 Å². The van der Waals surface area contributed by atoms with E-state index >= 15 is 0 Å². The van der Waals surface area contributed by atoms with Crippen LogP contribution in [0.3, 0.4) is 0 Å². The first kappa shape index (κ1) is 19.8. The van der Waals surface area contributed by atoms with Gasteiger partial charge in [-0.3, -0.25) is 9.89 Å². The predicted molar refractivity (Wildman–Crippen MR) is 107 cm³/mol. The number of rotatable bonds is 7. The molecule has 7 nitrogen and oxygen atoms in total. The Kier molecular flexibility index (Phi) is 5.91. The van der Waals surface area contributed by atoms with Crippen LogP contribution in [0.15, 0.2) is 65.6 Å². The highest BCUT2D eigenvalue weighted by Crippen LogP contribution is 2.19. The maximum absolute atomic E-state index is 12.9. The summed E-state index contributed by atoms with van der Waals surface area (Å²) in [7, 11) is -3.85. The Bertz CT molecular complexity index is 1030. The van der Waals surface area contributed by atoms with E-state index in [0.717, 1.165) is 5.56 Å². The number of nitrogens with one attached hydrogen (secondary N) is 2. The molecule has 1 aromatic heterocycles. The van der Waals surface area contributed by atoms with Gasteiger partial charge in [0.1, 0.15) is 4.90 Å². The number of aromatic nitrogens is 2. The average Bonchev–Trinajstić information content (AvgIpc) is 3.05. The molecule has 3 aromatic rings. The lowest BCUT2D eigenvalue weighted by Gasteiger charge is -2.23. The van der Waals surface area contributed by atoms with Crippen LogP contribution >= 0.6 is 0 Å². The van der Waals surface area contributed by atoms with E-state index in [-0.39, 0.29) is 17.3 Å². The van der Waals surface area contributed by atoms with Gasteiger partial charge in [0.2, 0.25) is 15.9 Å². The monoisotopic (exact) mass is 398 g/mol. The van der Waals surface area contributed by atoms with E-state index in [2.05, 4.69) is 14.9 Å². The number of sulfonamides is 1. The fourth-order valence-corrected chi connectivity index (χ4v) is 4.30. The molecule has 0 aliphatic rings. The number of carbonyl (C=O) groups is 1. The summed E-state index contributed by atoms with van der Waals surface area (Å²) in [6.07, 6.45) is 0. The van der Waals surface area contributed by atoms with Crippen molar-refractivity contribution < 1.29 is 13.2 Å². The molecule has 3 rings (SSSR count). The lowest BCUT2D eigenvalue weighted by atomic mass is 10.2. The summed E-state index contributed by atoms with van der Waals surface area (Å²) in [6.45, 7) is 3.22. The van der Waals surface area contributed by atoms with Gasteiger partial charge in [0, 0.05) is 5.69 Å². The fourth-order valence-electron chi connectivity index (χ4n) is 2.96. The topological polar surface area (TPSA) is 95.2 Å². The van der Waals surface area contributed by atoms with Gasteiger partial charge in [-0.25, -0.2) is 13.1 Å². The van der Waals surface area contributed by atoms with Crippen LogP contribution in [-0.2, 0) is 21.4 Å². The molecule has 1 amide bonds. The summed E-state index contributed by atoms with van der Waals surface area (Å²) >= 11 is 0. The summed E-state index contributed by atoms with van der Waals surface area (Å²) in [5.41, 5.74) is 2.44. The van der Waals surface area contributed by atoms with Gasteiger partial charge < -0.3 is 4.90 Å². The van der Waals surface area contributed by atoms with Crippen LogP contribution in [0, 0.1) is 13.8 Å². The van der Waals surface area contributed by atoms with Crippen molar-refractivity contribution in [2.75, 3.05) is 11.4 Å². The van der Waals surface area contributed by atoms with Gasteiger partial charge in [0.25, 0.3) is 0 Å². The molecule has 146 valence electrons. The van der Waals surface area contributed by atoms with Crippen LogP contribution in [-0.4, -0.2) is 31.1 Å². The molecule has 0 saturated heterocycles. The van der Waals surface area contributed by atoms with Crippen molar-refractivity contribution in [3.8, 4) is 0 Å². The molecule has 0 saturated carbocycles. The van der Waals surface area contributed by atoms with Gasteiger partial charge in [-0.15, -0.1) is 0 Å². The summed E-state index contributed by atoms with van der Waals surface area (Å²) in [5.74, 6) is -0.350. The Morgan fingerprint density at radius 2 is 1.64 bits per heavy atom. The molecular weight excluding hydrogens is 376 g/mol. The van der Waals surface area contributed by atoms with Crippen molar-refractivity contribution in [2.45, 2.75) is 25.3 Å². The van der Waals surface area contributed by atoms with Crippen molar-refractivity contribution in [1.29, 1.82) is 0 Å². The summed E-state index contributed by atoms with van der Waals surface area (Å²) in [6, 6.07) is 18.7. The van der Waals surface area contributed by atoms with Crippen molar-refractivity contribution >= 4 is 21.6 Å². The van der Waals surface area contributed by atoms with E-state index in [1.807, 2.05) is 60.7 Å². The van der Waals surface area contributed by atoms with E-state index in [0.29, 0.717) is 23.6 Å². The lowest BCUT2D eigenvalue weighted by molar-refractivity contribution is -0.117. The first-order valence-electron chi connectivity index (χ1n) is 8.79. The maximum atomic E-state index is 12.9.